The zero-order valence-corrected chi connectivity index (χ0v) is 14.9. The first kappa shape index (κ1) is 18.7. The number of hydrogen-bond acceptors (Lipinski definition) is 7. The molecule has 0 saturated carbocycles. The normalized spacial score (nSPS) is 18.3. The molecule has 0 amide bonds. The standard InChI is InChI=1S/C16H15Cl2FN6O/c17-13-5-11(19)6-14(18)15(13)26-24-8-22-16(25(21)9-24)23-12-3-1-10(7-20)2-4-12/h1-6,16,22-23H,8-9,21H2. The summed E-state index contributed by atoms with van der Waals surface area (Å²) in [7, 11) is 0. The highest BCUT2D eigenvalue weighted by Gasteiger charge is 2.26. The molecule has 0 aromatic heterocycles. The number of anilines is 1. The Labute approximate surface area is 159 Å². The molecule has 2 aromatic carbocycles. The summed E-state index contributed by atoms with van der Waals surface area (Å²) in [5.74, 6) is 5.65. The summed E-state index contributed by atoms with van der Waals surface area (Å²) in [6, 6.07) is 11.3. The van der Waals surface area contributed by atoms with E-state index in [0.717, 1.165) is 17.8 Å². The summed E-state index contributed by atoms with van der Waals surface area (Å²) in [5, 5.41) is 18.2. The van der Waals surface area contributed by atoms with Gasteiger partial charge in [0.25, 0.3) is 0 Å². The zero-order valence-electron chi connectivity index (χ0n) is 13.4. The first-order valence-electron chi connectivity index (χ1n) is 7.55. The number of nitrogens with zero attached hydrogens (tertiary/aromatic N) is 3. The van der Waals surface area contributed by atoms with Gasteiger partial charge in [0, 0.05) is 5.69 Å². The van der Waals surface area contributed by atoms with Gasteiger partial charge in [-0.15, -0.1) is 5.06 Å². The number of rotatable bonds is 4. The predicted molar refractivity (Wildman–Crippen MR) is 96.4 cm³/mol. The molecule has 0 radical (unpaired) electrons. The van der Waals surface area contributed by atoms with Gasteiger partial charge >= 0.3 is 0 Å². The summed E-state index contributed by atoms with van der Waals surface area (Å²) in [5.41, 5.74) is 1.38. The largest absolute Gasteiger partial charge is 0.400 e. The van der Waals surface area contributed by atoms with E-state index < -0.39 is 5.82 Å². The lowest BCUT2D eigenvalue weighted by atomic mass is 10.2. The molecule has 0 bridgehead atoms. The van der Waals surface area contributed by atoms with Crippen LogP contribution >= 0.6 is 23.2 Å². The fraction of sp³-hybridized carbons (Fsp3) is 0.188. The molecule has 2 aromatic rings. The van der Waals surface area contributed by atoms with Crippen molar-refractivity contribution in [1.82, 2.24) is 15.4 Å². The Hall–Kier alpha value is -2.12. The number of benzene rings is 2. The van der Waals surface area contributed by atoms with E-state index in [9.17, 15) is 4.39 Å². The van der Waals surface area contributed by atoms with Gasteiger partial charge in [-0.3, -0.25) is 11.2 Å². The lowest BCUT2D eigenvalue weighted by Crippen LogP contribution is -2.65. The van der Waals surface area contributed by atoms with Crippen molar-refractivity contribution in [2.45, 2.75) is 6.29 Å². The summed E-state index contributed by atoms with van der Waals surface area (Å²) >= 11 is 11.9. The van der Waals surface area contributed by atoms with Crippen molar-refractivity contribution in [1.29, 1.82) is 5.26 Å². The summed E-state index contributed by atoms with van der Waals surface area (Å²) in [4.78, 5) is 5.63. The molecule has 1 saturated heterocycles. The Morgan fingerprint density at radius 2 is 1.92 bits per heavy atom. The fourth-order valence-corrected chi connectivity index (χ4v) is 2.89. The number of nitriles is 1. The molecule has 0 spiro atoms. The smallest absolute Gasteiger partial charge is 0.184 e. The van der Waals surface area contributed by atoms with Crippen LogP contribution in [0.15, 0.2) is 36.4 Å². The van der Waals surface area contributed by atoms with E-state index in [1.54, 1.807) is 24.3 Å². The Morgan fingerprint density at radius 1 is 1.27 bits per heavy atom. The Bertz CT molecular complexity index is 805. The van der Waals surface area contributed by atoms with Crippen molar-refractivity contribution in [2.24, 2.45) is 5.84 Å². The van der Waals surface area contributed by atoms with Crippen LogP contribution in [-0.2, 0) is 0 Å². The number of nitrogens with two attached hydrogens (primary N) is 1. The quantitative estimate of drug-likeness (QED) is 0.684. The highest BCUT2D eigenvalue weighted by Crippen LogP contribution is 2.34. The van der Waals surface area contributed by atoms with Gasteiger partial charge in [0.1, 0.15) is 18.8 Å². The third-order valence-corrected chi connectivity index (χ3v) is 4.18. The molecule has 1 unspecified atom stereocenters. The molecule has 1 atom stereocenters. The van der Waals surface area contributed by atoms with Gasteiger partial charge in [-0.05, 0) is 36.4 Å². The van der Waals surface area contributed by atoms with Gasteiger partial charge in [0.2, 0.25) is 0 Å². The van der Waals surface area contributed by atoms with Crippen molar-refractivity contribution in [3.8, 4) is 11.8 Å². The van der Waals surface area contributed by atoms with Crippen LogP contribution in [0, 0.1) is 17.1 Å². The summed E-state index contributed by atoms with van der Waals surface area (Å²) in [6.07, 6.45) is -0.359. The van der Waals surface area contributed by atoms with Crippen molar-refractivity contribution in [2.75, 3.05) is 18.7 Å². The van der Waals surface area contributed by atoms with Gasteiger partial charge in [0.05, 0.1) is 28.3 Å². The van der Waals surface area contributed by atoms with Crippen LogP contribution < -0.4 is 21.3 Å². The van der Waals surface area contributed by atoms with Gasteiger partial charge in [0.15, 0.2) is 5.75 Å². The average Bonchev–Trinajstić information content (AvgIpc) is 2.61. The van der Waals surface area contributed by atoms with E-state index >= 15 is 0 Å². The van der Waals surface area contributed by atoms with Crippen LogP contribution in [0.25, 0.3) is 0 Å². The zero-order chi connectivity index (χ0) is 18.7. The topological polar surface area (TPSA) is 89.6 Å². The van der Waals surface area contributed by atoms with Crippen molar-refractivity contribution < 1.29 is 9.23 Å². The summed E-state index contributed by atoms with van der Waals surface area (Å²) < 4.78 is 13.3. The fourth-order valence-electron chi connectivity index (χ4n) is 2.36. The molecule has 4 N–H and O–H groups in total. The maximum atomic E-state index is 13.3. The molecule has 1 aliphatic heterocycles. The minimum atomic E-state index is -0.545. The Morgan fingerprint density at radius 3 is 2.50 bits per heavy atom. The number of hydrazine groups is 1. The van der Waals surface area contributed by atoms with Crippen LogP contribution in [0.3, 0.4) is 0 Å². The SMILES string of the molecule is N#Cc1ccc(NC2NCN(Oc3c(Cl)cc(F)cc3Cl)CN2N)cc1. The maximum Gasteiger partial charge on any atom is 0.184 e. The minimum absolute atomic E-state index is 0.0661. The number of nitrogens with one attached hydrogen (secondary N) is 2. The predicted octanol–water partition coefficient (Wildman–Crippen LogP) is 2.69. The molecule has 10 heteroatoms. The minimum Gasteiger partial charge on any atom is -0.400 e. The monoisotopic (exact) mass is 396 g/mol. The first-order chi connectivity index (χ1) is 12.5. The van der Waals surface area contributed by atoms with Crippen molar-refractivity contribution in [3.05, 3.63) is 57.8 Å². The highest BCUT2D eigenvalue weighted by molar-refractivity contribution is 6.37. The van der Waals surface area contributed by atoms with Gasteiger partial charge < -0.3 is 10.2 Å². The van der Waals surface area contributed by atoms with Crippen LogP contribution in [-0.4, -0.2) is 29.7 Å². The van der Waals surface area contributed by atoms with E-state index in [2.05, 4.69) is 16.7 Å². The van der Waals surface area contributed by atoms with Crippen LogP contribution in [0.4, 0.5) is 10.1 Å². The molecular weight excluding hydrogens is 382 g/mol. The second-order valence-electron chi connectivity index (χ2n) is 5.53. The number of hydrogen-bond donors (Lipinski definition) is 3. The van der Waals surface area contributed by atoms with Crippen LogP contribution in [0.5, 0.6) is 5.75 Å². The molecular formula is C16H15Cl2FN6O. The van der Waals surface area contributed by atoms with Crippen LogP contribution in [0.2, 0.25) is 10.0 Å². The second kappa shape index (κ2) is 8.05. The molecule has 136 valence electrons. The van der Waals surface area contributed by atoms with E-state index in [0.29, 0.717) is 12.2 Å². The number of halogens is 3. The van der Waals surface area contributed by atoms with E-state index in [4.69, 9.17) is 39.1 Å². The third-order valence-electron chi connectivity index (χ3n) is 3.61. The third kappa shape index (κ3) is 4.34. The average molecular weight is 397 g/mol. The Balaban J connectivity index is 1.60. The van der Waals surface area contributed by atoms with Gasteiger partial charge in [-0.2, -0.15) is 10.3 Å². The molecule has 1 heterocycles. The molecule has 0 aliphatic carbocycles. The molecule has 1 aliphatic rings. The van der Waals surface area contributed by atoms with E-state index in [-0.39, 0.29) is 28.8 Å². The van der Waals surface area contributed by atoms with Gasteiger partial charge in [-0.1, -0.05) is 23.2 Å². The first-order valence-corrected chi connectivity index (χ1v) is 8.31. The van der Waals surface area contributed by atoms with Crippen molar-refractivity contribution in [3.63, 3.8) is 0 Å². The molecule has 7 nitrogen and oxygen atoms in total. The van der Waals surface area contributed by atoms with Crippen molar-refractivity contribution >= 4 is 28.9 Å². The highest BCUT2D eigenvalue weighted by atomic mass is 35.5. The van der Waals surface area contributed by atoms with E-state index in [1.165, 1.54) is 10.1 Å². The second-order valence-corrected chi connectivity index (χ2v) is 6.34. The lowest BCUT2D eigenvalue weighted by molar-refractivity contribution is -0.141. The van der Waals surface area contributed by atoms with Gasteiger partial charge in [-0.25, -0.2) is 4.39 Å². The van der Waals surface area contributed by atoms with E-state index in [1.807, 2.05) is 0 Å². The molecule has 1 fully saturated rings. The maximum absolute atomic E-state index is 13.3. The molecule has 26 heavy (non-hydrogen) atoms. The number of hydroxylamine groups is 2. The Kier molecular flexibility index (Phi) is 5.78. The molecule has 3 rings (SSSR count). The lowest BCUT2D eigenvalue weighted by Gasteiger charge is -2.39. The van der Waals surface area contributed by atoms with Crippen LogP contribution in [0.1, 0.15) is 5.56 Å². The summed E-state index contributed by atoms with van der Waals surface area (Å²) in [6.45, 7) is 0.538.